The van der Waals surface area contributed by atoms with Gasteiger partial charge in [0.25, 0.3) is 0 Å². The zero-order valence-corrected chi connectivity index (χ0v) is 11.6. The summed E-state index contributed by atoms with van der Waals surface area (Å²) in [7, 11) is 0. The van der Waals surface area contributed by atoms with Crippen molar-refractivity contribution in [2.45, 2.75) is 34.6 Å². The summed E-state index contributed by atoms with van der Waals surface area (Å²) in [6.45, 7) is 10.9. The van der Waals surface area contributed by atoms with E-state index in [2.05, 4.69) is 35.4 Å². The topological polar surface area (TPSA) is 24.4 Å². The number of aryl methyl sites for hydroxylation is 1. The monoisotopic (exact) mass is 232 g/mol. The van der Waals surface area contributed by atoms with Crippen molar-refractivity contribution >= 4 is 5.84 Å². The molecule has 0 fully saturated rings. The summed E-state index contributed by atoms with van der Waals surface area (Å²) in [6, 6.07) is 8.33. The molecule has 0 unspecified atom stereocenters. The van der Waals surface area contributed by atoms with Crippen molar-refractivity contribution in [2.75, 3.05) is 6.54 Å². The molecular weight excluding hydrogens is 208 g/mol. The van der Waals surface area contributed by atoms with Gasteiger partial charge >= 0.3 is 0 Å². The van der Waals surface area contributed by atoms with Gasteiger partial charge in [0.15, 0.2) is 0 Å². The molecule has 1 aromatic rings. The molecule has 0 saturated carbocycles. The molecule has 17 heavy (non-hydrogen) atoms. The molecule has 2 nitrogen and oxygen atoms in total. The fourth-order valence-corrected chi connectivity index (χ4v) is 1.35. The average molecular weight is 232 g/mol. The molecule has 2 heteroatoms. The van der Waals surface area contributed by atoms with Crippen molar-refractivity contribution in [3.8, 4) is 0 Å². The van der Waals surface area contributed by atoms with Crippen LogP contribution in [0.1, 0.15) is 38.8 Å². The Bertz CT molecular complexity index is 365. The number of benzene rings is 1. The summed E-state index contributed by atoms with van der Waals surface area (Å²) in [5, 5.41) is 3.13. The van der Waals surface area contributed by atoms with Crippen molar-refractivity contribution in [3.63, 3.8) is 0 Å². The summed E-state index contributed by atoms with van der Waals surface area (Å²) in [6.07, 6.45) is 3.93. The van der Waals surface area contributed by atoms with Crippen molar-refractivity contribution in [2.24, 2.45) is 4.99 Å². The van der Waals surface area contributed by atoms with Crippen molar-refractivity contribution < 1.29 is 0 Å². The molecule has 1 N–H and O–H groups in total. The molecule has 0 radical (unpaired) electrons. The molecule has 1 aromatic carbocycles. The van der Waals surface area contributed by atoms with Gasteiger partial charge in [-0.25, -0.2) is 0 Å². The Morgan fingerprint density at radius 1 is 1.12 bits per heavy atom. The highest BCUT2D eigenvalue weighted by Gasteiger charge is 2.02. The van der Waals surface area contributed by atoms with E-state index in [0.717, 1.165) is 17.9 Å². The van der Waals surface area contributed by atoms with Gasteiger partial charge in [-0.2, -0.15) is 0 Å². The van der Waals surface area contributed by atoms with Gasteiger partial charge in [-0.05, 0) is 19.1 Å². The first-order valence-corrected chi connectivity index (χ1v) is 6.39. The largest absolute Gasteiger partial charge is 0.347 e. The van der Waals surface area contributed by atoms with Crippen molar-refractivity contribution in [3.05, 3.63) is 47.7 Å². The molecule has 0 amide bonds. The predicted molar refractivity (Wildman–Crippen MR) is 77.6 cm³/mol. The molecule has 0 spiro atoms. The minimum Gasteiger partial charge on any atom is -0.347 e. The van der Waals surface area contributed by atoms with Gasteiger partial charge in [-0.15, -0.1) is 0 Å². The van der Waals surface area contributed by atoms with Crippen LogP contribution in [0.2, 0.25) is 0 Å². The number of amidine groups is 1. The first kappa shape index (κ1) is 15.4. The van der Waals surface area contributed by atoms with Crippen LogP contribution in [0.15, 0.2) is 41.5 Å². The fraction of sp³-hybridized carbons (Fsp3) is 0.400. The lowest BCUT2D eigenvalue weighted by molar-refractivity contribution is 1.10. The van der Waals surface area contributed by atoms with Crippen LogP contribution in [0.3, 0.4) is 0 Å². The molecule has 2 rings (SSSR count). The third kappa shape index (κ3) is 5.34. The predicted octanol–water partition coefficient (Wildman–Crippen LogP) is 3.91. The summed E-state index contributed by atoms with van der Waals surface area (Å²) in [5.74, 6) is 0.964. The van der Waals surface area contributed by atoms with Gasteiger partial charge in [-0.1, -0.05) is 51.5 Å². The van der Waals surface area contributed by atoms with E-state index in [1.807, 2.05) is 46.0 Å². The Morgan fingerprint density at radius 3 is 2.35 bits per heavy atom. The second-order valence-corrected chi connectivity index (χ2v) is 3.11. The normalized spacial score (nSPS) is 12.2. The molecule has 0 bridgehead atoms. The van der Waals surface area contributed by atoms with Crippen LogP contribution in [-0.2, 0) is 0 Å². The second-order valence-electron chi connectivity index (χ2n) is 3.11. The van der Waals surface area contributed by atoms with Crippen LogP contribution >= 0.6 is 0 Å². The number of nitrogens with one attached hydrogen (secondary N) is 1. The minimum absolute atomic E-state index is 0.774. The van der Waals surface area contributed by atoms with Crippen LogP contribution in [0, 0.1) is 6.92 Å². The summed E-state index contributed by atoms with van der Waals surface area (Å²) in [4.78, 5) is 4.36. The van der Waals surface area contributed by atoms with Crippen molar-refractivity contribution in [1.29, 1.82) is 0 Å². The number of hydrogen-bond donors (Lipinski definition) is 1. The molecule has 1 aliphatic rings. The van der Waals surface area contributed by atoms with E-state index in [4.69, 9.17) is 0 Å². The highest BCUT2D eigenvalue weighted by molar-refractivity contribution is 5.99. The average Bonchev–Trinajstić information content (AvgIpc) is 2.44. The smallest absolute Gasteiger partial charge is 0.132 e. The van der Waals surface area contributed by atoms with E-state index < -0.39 is 0 Å². The van der Waals surface area contributed by atoms with Gasteiger partial charge in [0, 0.05) is 11.8 Å². The Morgan fingerprint density at radius 2 is 1.82 bits per heavy atom. The van der Waals surface area contributed by atoms with E-state index in [9.17, 15) is 0 Å². The van der Waals surface area contributed by atoms with Crippen LogP contribution in [0.4, 0.5) is 0 Å². The lowest BCUT2D eigenvalue weighted by atomic mass is 10.1. The van der Waals surface area contributed by atoms with Gasteiger partial charge in [-0.3, -0.25) is 4.99 Å². The SMILES string of the molecule is CC.CC.Cc1cccc(C2=NCC=CN2)c1. The zero-order valence-electron chi connectivity index (χ0n) is 11.6. The summed E-state index contributed by atoms with van der Waals surface area (Å²) in [5.41, 5.74) is 2.42. The highest BCUT2D eigenvalue weighted by Crippen LogP contribution is 2.05. The van der Waals surface area contributed by atoms with Crippen LogP contribution in [-0.4, -0.2) is 12.4 Å². The first-order chi connectivity index (χ1) is 8.36. The molecule has 0 atom stereocenters. The fourth-order valence-electron chi connectivity index (χ4n) is 1.35. The number of hydrogen-bond acceptors (Lipinski definition) is 2. The van der Waals surface area contributed by atoms with E-state index >= 15 is 0 Å². The van der Waals surface area contributed by atoms with Crippen molar-refractivity contribution in [1.82, 2.24) is 5.32 Å². The molecule has 94 valence electrons. The van der Waals surface area contributed by atoms with Crippen LogP contribution in [0.25, 0.3) is 0 Å². The van der Waals surface area contributed by atoms with Gasteiger partial charge in [0.05, 0.1) is 6.54 Å². The molecule has 0 aliphatic carbocycles. The Kier molecular flexibility index (Phi) is 8.75. The van der Waals surface area contributed by atoms with Crippen LogP contribution < -0.4 is 5.32 Å². The summed E-state index contributed by atoms with van der Waals surface area (Å²) >= 11 is 0. The minimum atomic E-state index is 0.774. The maximum atomic E-state index is 4.36. The molecule has 0 aromatic heterocycles. The standard InChI is InChI=1S/C11H12N2.2C2H6/c1-9-4-2-5-10(8-9)11-12-6-3-7-13-11;2*1-2/h2-6,8H,7H2,1H3,(H,12,13);2*1-2H3. The zero-order chi connectivity index (χ0) is 13.1. The number of rotatable bonds is 1. The lowest BCUT2D eigenvalue weighted by Crippen LogP contribution is -2.21. The Balaban J connectivity index is 0.000000581. The molecular formula is C15H24N2. The third-order valence-electron chi connectivity index (χ3n) is 1.98. The highest BCUT2D eigenvalue weighted by atomic mass is 15.0. The second kappa shape index (κ2) is 9.64. The van der Waals surface area contributed by atoms with E-state index in [-0.39, 0.29) is 0 Å². The lowest BCUT2D eigenvalue weighted by Gasteiger charge is -2.09. The molecule has 1 aliphatic heterocycles. The van der Waals surface area contributed by atoms with E-state index in [1.54, 1.807) is 0 Å². The number of aliphatic imine (C=N–C) groups is 1. The first-order valence-electron chi connectivity index (χ1n) is 6.39. The van der Waals surface area contributed by atoms with E-state index in [1.165, 1.54) is 5.56 Å². The Labute approximate surface area is 105 Å². The van der Waals surface area contributed by atoms with E-state index in [0.29, 0.717) is 0 Å². The third-order valence-corrected chi connectivity index (χ3v) is 1.98. The quantitative estimate of drug-likeness (QED) is 0.780. The maximum absolute atomic E-state index is 4.36. The Hall–Kier alpha value is -1.57. The molecule has 0 saturated heterocycles. The van der Waals surface area contributed by atoms with Gasteiger partial charge < -0.3 is 5.32 Å². The number of nitrogens with zero attached hydrogens (tertiary/aromatic N) is 1. The van der Waals surface area contributed by atoms with Crippen LogP contribution in [0.5, 0.6) is 0 Å². The summed E-state index contributed by atoms with van der Waals surface area (Å²) < 4.78 is 0. The van der Waals surface area contributed by atoms with Gasteiger partial charge in [0.2, 0.25) is 0 Å². The molecule has 1 heterocycles. The maximum Gasteiger partial charge on any atom is 0.132 e. The van der Waals surface area contributed by atoms with Gasteiger partial charge in [0.1, 0.15) is 5.84 Å².